The van der Waals surface area contributed by atoms with E-state index in [0.29, 0.717) is 27.8 Å². The molecule has 0 radical (unpaired) electrons. The SMILES string of the molecule is Cc1noc(-c2sccc2NC(=O)c2ccc(F)cc2)n1. The molecule has 1 N–H and O–H groups in total. The molecule has 0 atom stereocenters. The third-order valence-electron chi connectivity index (χ3n) is 2.74. The zero-order chi connectivity index (χ0) is 14.8. The predicted molar refractivity (Wildman–Crippen MR) is 76.7 cm³/mol. The van der Waals surface area contributed by atoms with Crippen LogP contribution in [0, 0.1) is 12.7 Å². The first kappa shape index (κ1) is 13.4. The van der Waals surface area contributed by atoms with Gasteiger partial charge in [0.25, 0.3) is 11.8 Å². The number of rotatable bonds is 3. The largest absolute Gasteiger partial charge is 0.333 e. The first-order chi connectivity index (χ1) is 10.1. The van der Waals surface area contributed by atoms with E-state index in [-0.39, 0.29) is 11.7 Å². The highest BCUT2D eigenvalue weighted by Crippen LogP contribution is 2.32. The van der Waals surface area contributed by atoms with E-state index in [9.17, 15) is 9.18 Å². The summed E-state index contributed by atoms with van der Waals surface area (Å²) in [6.07, 6.45) is 0. The van der Waals surface area contributed by atoms with E-state index in [0.717, 1.165) is 0 Å². The summed E-state index contributed by atoms with van der Waals surface area (Å²) in [7, 11) is 0. The van der Waals surface area contributed by atoms with Gasteiger partial charge in [-0.1, -0.05) is 5.16 Å². The zero-order valence-corrected chi connectivity index (χ0v) is 11.8. The van der Waals surface area contributed by atoms with Crippen LogP contribution in [0.15, 0.2) is 40.2 Å². The Hall–Kier alpha value is -2.54. The van der Waals surface area contributed by atoms with Gasteiger partial charge in [-0.2, -0.15) is 4.98 Å². The minimum Gasteiger partial charge on any atom is -0.333 e. The van der Waals surface area contributed by atoms with Crippen molar-refractivity contribution < 1.29 is 13.7 Å². The molecule has 1 aromatic carbocycles. The second-order valence-corrected chi connectivity index (χ2v) is 5.19. The summed E-state index contributed by atoms with van der Waals surface area (Å²) in [6.45, 7) is 1.72. The van der Waals surface area contributed by atoms with Crippen LogP contribution in [-0.4, -0.2) is 16.0 Å². The highest BCUT2D eigenvalue weighted by Gasteiger charge is 2.16. The number of nitrogens with zero attached hydrogens (tertiary/aromatic N) is 2. The van der Waals surface area contributed by atoms with E-state index in [2.05, 4.69) is 15.5 Å². The Bertz CT molecular complexity index is 780. The molecule has 2 aromatic heterocycles. The van der Waals surface area contributed by atoms with Crippen molar-refractivity contribution in [3.8, 4) is 10.8 Å². The van der Waals surface area contributed by atoms with Crippen molar-refractivity contribution in [1.29, 1.82) is 0 Å². The molecule has 0 aliphatic heterocycles. The molecule has 106 valence electrons. The molecule has 21 heavy (non-hydrogen) atoms. The van der Waals surface area contributed by atoms with Crippen molar-refractivity contribution in [1.82, 2.24) is 10.1 Å². The number of aryl methyl sites for hydroxylation is 1. The Morgan fingerprint density at radius 2 is 2.05 bits per heavy atom. The highest BCUT2D eigenvalue weighted by atomic mass is 32.1. The fourth-order valence-corrected chi connectivity index (χ4v) is 2.53. The number of aromatic nitrogens is 2. The minimum atomic E-state index is -0.385. The lowest BCUT2D eigenvalue weighted by molar-refractivity contribution is 0.102. The third-order valence-corrected chi connectivity index (χ3v) is 3.64. The molecule has 0 fully saturated rings. The van der Waals surface area contributed by atoms with Crippen molar-refractivity contribution in [3.05, 3.63) is 52.9 Å². The van der Waals surface area contributed by atoms with Crippen LogP contribution in [-0.2, 0) is 0 Å². The molecule has 0 unspecified atom stereocenters. The maximum absolute atomic E-state index is 12.9. The van der Waals surface area contributed by atoms with E-state index in [1.807, 2.05) is 5.38 Å². The number of hydrogen-bond acceptors (Lipinski definition) is 5. The second kappa shape index (κ2) is 5.45. The van der Waals surface area contributed by atoms with E-state index < -0.39 is 0 Å². The molecule has 0 saturated carbocycles. The monoisotopic (exact) mass is 303 g/mol. The molecule has 1 amide bonds. The van der Waals surface area contributed by atoms with Gasteiger partial charge < -0.3 is 9.84 Å². The van der Waals surface area contributed by atoms with Crippen molar-refractivity contribution >= 4 is 22.9 Å². The van der Waals surface area contributed by atoms with Gasteiger partial charge in [0, 0.05) is 5.56 Å². The number of carbonyl (C=O) groups excluding carboxylic acids is 1. The fourth-order valence-electron chi connectivity index (χ4n) is 1.76. The molecule has 7 heteroatoms. The lowest BCUT2D eigenvalue weighted by atomic mass is 10.2. The predicted octanol–water partition coefficient (Wildman–Crippen LogP) is 3.50. The summed E-state index contributed by atoms with van der Waals surface area (Å²) in [4.78, 5) is 16.9. The summed E-state index contributed by atoms with van der Waals surface area (Å²) in [5.41, 5.74) is 0.952. The number of amides is 1. The Morgan fingerprint density at radius 1 is 1.29 bits per heavy atom. The van der Waals surface area contributed by atoms with Gasteiger partial charge in [0.2, 0.25) is 0 Å². The van der Waals surface area contributed by atoms with Crippen LogP contribution in [0.4, 0.5) is 10.1 Å². The molecule has 3 rings (SSSR count). The summed E-state index contributed by atoms with van der Waals surface area (Å²) < 4.78 is 18.0. The quantitative estimate of drug-likeness (QED) is 0.804. The molecule has 0 bridgehead atoms. The van der Waals surface area contributed by atoms with Gasteiger partial charge in [-0.05, 0) is 42.6 Å². The van der Waals surface area contributed by atoms with E-state index in [1.165, 1.54) is 35.6 Å². The summed E-state index contributed by atoms with van der Waals surface area (Å²) in [5, 5.41) is 8.30. The lowest BCUT2D eigenvalue weighted by Crippen LogP contribution is -2.11. The average Bonchev–Trinajstić information content (AvgIpc) is 3.08. The van der Waals surface area contributed by atoms with Crippen LogP contribution in [0.1, 0.15) is 16.2 Å². The Kier molecular flexibility index (Phi) is 3.49. The number of anilines is 1. The third kappa shape index (κ3) is 2.82. The highest BCUT2D eigenvalue weighted by molar-refractivity contribution is 7.14. The first-order valence-electron chi connectivity index (χ1n) is 6.08. The topological polar surface area (TPSA) is 68.0 Å². The number of thiophene rings is 1. The molecule has 3 aromatic rings. The van der Waals surface area contributed by atoms with Crippen LogP contribution >= 0.6 is 11.3 Å². The van der Waals surface area contributed by atoms with E-state index in [4.69, 9.17) is 4.52 Å². The standard InChI is InChI=1S/C14H10FN3O2S/c1-8-16-14(20-18-8)12-11(6-7-21-12)17-13(19)9-2-4-10(15)5-3-9/h2-7H,1H3,(H,17,19). The molecule has 2 heterocycles. The van der Waals surface area contributed by atoms with Crippen molar-refractivity contribution in [2.45, 2.75) is 6.92 Å². The van der Waals surface area contributed by atoms with Crippen LogP contribution in [0.2, 0.25) is 0 Å². The van der Waals surface area contributed by atoms with Crippen LogP contribution < -0.4 is 5.32 Å². The van der Waals surface area contributed by atoms with Crippen molar-refractivity contribution in [2.24, 2.45) is 0 Å². The first-order valence-corrected chi connectivity index (χ1v) is 6.96. The number of carbonyl (C=O) groups is 1. The molecule has 0 aliphatic rings. The molecular weight excluding hydrogens is 293 g/mol. The van der Waals surface area contributed by atoms with Gasteiger partial charge in [-0.3, -0.25) is 4.79 Å². The van der Waals surface area contributed by atoms with Crippen LogP contribution in [0.25, 0.3) is 10.8 Å². The van der Waals surface area contributed by atoms with Crippen molar-refractivity contribution in [2.75, 3.05) is 5.32 Å². The molecule has 0 spiro atoms. The maximum Gasteiger partial charge on any atom is 0.270 e. The van der Waals surface area contributed by atoms with Gasteiger partial charge in [-0.15, -0.1) is 11.3 Å². The summed E-state index contributed by atoms with van der Waals surface area (Å²) >= 11 is 1.38. The number of halogens is 1. The maximum atomic E-state index is 12.9. The average molecular weight is 303 g/mol. The minimum absolute atomic E-state index is 0.328. The number of nitrogens with one attached hydrogen (secondary N) is 1. The van der Waals surface area contributed by atoms with Gasteiger partial charge >= 0.3 is 0 Å². The van der Waals surface area contributed by atoms with Crippen LogP contribution in [0.3, 0.4) is 0 Å². The summed E-state index contributed by atoms with van der Waals surface area (Å²) in [6, 6.07) is 7.08. The fraction of sp³-hybridized carbons (Fsp3) is 0.0714. The smallest absolute Gasteiger partial charge is 0.270 e. The Balaban J connectivity index is 1.84. The van der Waals surface area contributed by atoms with Crippen LogP contribution in [0.5, 0.6) is 0 Å². The Labute approximate surface area is 123 Å². The normalized spacial score (nSPS) is 10.6. The zero-order valence-electron chi connectivity index (χ0n) is 11.0. The van der Waals surface area contributed by atoms with Gasteiger partial charge in [-0.25, -0.2) is 4.39 Å². The van der Waals surface area contributed by atoms with Crippen molar-refractivity contribution in [3.63, 3.8) is 0 Å². The van der Waals surface area contributed by atoms with Gasteiger partial charge in [0.05, 0.1) is 5.69 Å². The van der Waals surface area contributed by atoms with E-state index >= 15 is 0 Å². The number of hydrogen-bond donors (Lipinski definition) is 1. The molecule has 0 saturated heterocycles. The number of benzene rings is 1. The molecular formula is C14H10FN3O2S. The lowest BCUT2D eigenvalue weighted by Gasteiger charge is -2.04. The van der Waals surface area contributed by atoms with E-state index in [1.54, 1.807) is 13.0 Å². The Morgan fingerprint density at radius 3 is 2.71 bits per heavy atom. The molecule has 0 aliphatic carbocycles. The van der Waals surface area contributed by atoms with Gasteiger partial charge in [0.1, 0.15) is 10.7 Å². The second-order valence-electron chi connectivity index (χ2n) is 4.27. The summed E-state index contributed by atoms with van der Waals surface area (Å²) in [5.74, 6) is 0.168. The van der Waals surface area contributed by atoms with Gasteiger partial charge in [0.15, 0.2) is 5.82 Å². The molecule has 5 nitrogen and oxygen atoms in total.